The van der Waals surface area contributed by atoms with Crippen molar-refractivity contribution in [1.82, 2.24) is 0 Å². The van der Waals surface area contributed by atoms with Crippen LogP contribution in [0, 0.1) is 0 Å². The fourth-order valence-corrected chi connectivity index (χ4v) is 1.98. The van der Waals surface area contributed by atoms with Crippen LogP contribution in [0.3, 0.4) is 0 Å². The minimum absolute atomic E-state index is 0.0474. The molecule has 0 saturated carbocycles. The Morgan fingerprint density at radius 2 is 1.60 bits per heavy atom. The van der Waals surface area contributed by atoms with E-state index in [0.29, 0.717) is 19.8 Å². The fourth-order valence-electron chi connectivity index (χ4n) is 1.98. The molecule has 2 N–H and O–H groups in total. The summed E-state index contributed by atoms with van der Waals surface area (Å²) in [6.45, 7) is 3.56. The third-order valence-corrected chi connectivity index (χ3v) is 3.06. The van der Waals surface area contributed by atoms with E-state index in [9.17, 15) is 0 Å². The van der Waals surface area contributed by atoms with Crippen LogP contribution in [0.25, 0.3) is 11.1 Å². The highest BCUT2D eigenvalue weighted by Gasteiger charge is 2.07. The second-order valence-corrected chi connectivity index (χ2v) is 4.51. The molecule has 2 aromatic carbocycles. The van der Waals surface area contributed by atoms with E-state index in [2.05, 4.69) is 24.3 Å². The molecule has 1 unspecified atom stereocenters. The molecular formula is C17H21NO2. The van der Waals surface area contributed by atoms with Gasteiger partial charge in [0.1, 0.15) is 18.5 Å². The van der Waals surface area contributed by atoms with Gasteiger partial charge in [-0.3, -0.25) is 0 Å². The molecule has 0 spiro atoms. The maximum atomic E-state index is 5.70. The molecule has 106 valence electrons. The van der Waals surface area contributed by atoms with Gasteiger partial charge in [-0.05, 0) is 30.2 Å². The third-order valence-electron chi connectivity index (χ3n) is 3.06. The smallest absolute Gasteiger partial charge is 0.119 e. The summed E-state index contributed by atoms with van der Waals surface area (Å²) in [5.74, 6) is 0.836. The summed E-state index contributed by atoms with van der Waals surface area (Å²) in [5.41, 5.74) is 8.00. The number of nitrogens with two attached hydrogens (primary N) is 1. The van der Waals surface area contributed by atoms with Crippen molar-refractivity contribution in [3.63, 3.8) is 0 Å². The summed E-state index contributed by atoms with van der Waals surface area (Å²) in [6.07, 6.45) is -0.0474. The van der Waals surface area contributed by atoms with Gasteiger partial charge in [0.05, 0.1) is 0 Å². The van der Waals surface area contributed by atoms with Gasteiger partial charge < -0.3 is 15.2 Å². The first-order valence-corrected chi connectivity index (χ1v) is 6.93. The van der Waals surface area contributed by atoms with E-state index >= 15 is 0 Å². The molecule has 0 saturated heterocycles. The van der Waals surface area contributed by atoms with E-state index in [1.165, 1.54) is 11.1 Å². The molecule has 0 amide bonds. The molecule has 20 heavy (non-hydrogen) atoms. The summed E-state index contributed by atoms with van der Waals surface area (Å²) in [4.78, 5) is 0. The molecule has 0 aliphatic carbocycles. The first-order valence-electron chi connectivity index (χ1n) is 6.93. The van der Waals surface area contributed by atoms with Crippen LogP contribution >= 0.6 is 0 Å². The van der Waals surface area contributed by atoms with Crippen LogP contribution in [0.1, 0.15) is 6.92 Å². The average Bonchev–Trinajstić information content (AvgIpc) is 2.53. The molecule has 0 heterocycles. The minimum atomic E-state index is -0.0474. The summed E-state index contributed by atoms with van der Waals surface area (Å²) in [6, 6.07) is 18.3. The van der Waals surface area contributed by atoms with Crippen molar-refractivity contribution in [2.45, 2.75) is 13.0 Å². The van der Waals surface area contributed by atoms with E-state index in [1.54, 1.807) is 0 Å². The highest BCUT2D eigenvalue weighted by Crippen LogP contribution is 2.22. The van der Waals surface area contributed by atoms with E-state index in [4.69, 9.17) is 15.2 Å². The van der Waals surface area contributed by atoms with Gasteiger partial charge >= 0.3 is 0 Å². The highest BCUT2D eigenvalue weighted by atomic mass is 16.5. The monoisotopic (exact) mass is 271 g/mol. The van der Waals surface area contributed by atoms with Crippen molar-refractivity contribution in [2.75, 3.05) is 19.8 Å². The third kappa shape index (κ3) is 4.08. The van der Waals surface area contributed by atoms with Crippen molar-refractivity contribution < 1.29 is 9.47 Å². The molecule has 3 heteroatoms. The Kier molecular flexibility index (Phi) is 5.59. The first kappa shape index (κ1) is 14.6. The predicted molar refractivity (Wildman–Crippen MR) is 81.8 cm³/mol. The van der Waals surface area contributed by atoms with Crippen molar-refractivity contribution in [3.8, 4) is 16.9 Å². The lowest BCUT2D eigenvalue weighted by Gasteiger charge is -2.15. The predicted octanol–water partition coefficient (Wildman–Crippen LogP) is 3.10. The fraction of sp³-hybridized carbons (Fsp3) is 0.294. The molecule has 1 atom stereocenters. The normalized spacial score (nSPS) is 12.1. The van der Waals surface area contributed by atoms with Gasteiger partial charge in [-0.25, -0.2) is 0 Å². The van der Waals surface area contributed by atoms with E-state index in [0.717, 1.165) is 5.75 Å². The standard InChI is InChI=1S/C17H21NO2/c1-2-19-17(12-18)13-20-16-10-8-15(9-11-16)14-6-4-3-5-7-14/h3-11,17H,2,12-13,18H2,1H3. The molecule has 2 rings (SSSR count). The molecule has 3 nitrogen and oxygen atoms in total. The van der Waals surface area contributed by atoms with E-state index < -0.39 is 0 Å². The number of hydrogen-bond donors (Lipinski definition) is 1. The SMILES string of the molecule is CCOC(CN)COc1ccc(-c2ccccc2)cc1. The van der Waals surface area contributed by atoms with Gasteiger partial charge in [-0.2, -0.15) is 0 Å². The number of ether oxygens (including phenoxy) is 2. The molecular weight excluding hydrogens is 250 g/mol. The maximum absolute atomic E-state index is 5.70. The lowest BCUT2D eigenvalue weighted by molar-refractivity contribution is 0.0337. The van der Waals surface area contributed by atoms with Crippen LogP contribution in [-0.2, 0) is 4.74 Å². The van der Waals surface area contributed by atoms with Crippen LogP contribution in [0.4, 0.5) is 0 Å². The van der Waals surface area contributed by atoms with E-state index in [-0.39, 0.29) is 6.10 Å². The van der Waals surface area contributed by atoms with Crippen LogP contribution < -0.4 is 10.5 Å². The Bertz CT molecular complexity index is 496. The lowest BCUT2D eigenvalue weighted by atomic mass is 10.1. The summed E-state index contributed by atoms with van der Waals surface area (Å²) in [7, 11) is 0. The molecule has 0 fully saturated rings. The highest BCUT2D eigenvalue weighted by molar-refractivity contribution is 5.63. The van der Waals surface area contributed by atoms with E-state index in [1.807, 2.05) is 37.3 Å². The zero-order valence-corrected chi connectivity index (χ0v) is 11.8. The van der Waals surface area contributed by atoms with Gasteiger partial charge in [0, 0.05) is 13.2 Å². The minimum Gasteiger partial charge on any atom is -0.491 e. The molecule has 0 aromatic heterocycles. The lowest BCUT2D eigenvalue weighted by Crippen LogP contribution is -2.30. The summed E-state index contributed by atoms with van der Waals surface area (Å²) >= 11 is 0. The van der Waals surface area contributed by atoms with Gasteiger partial charge in [-0.15, -0.1) is 0 Å². The average molecular weight is 271 g/mol. The Balaban J connectivity index is 1.95. The van der Waals surface area contributed by atoms with Gasteiger partial charge in [0.25, 0.3) is 0 Å². The molecule has 0 aliphatic rings. The molecule has 2 aromatic rings. The summed E-state index contributed by atoms with van der Waals surface area (Å²) < 4.78 is 11.2. The van der Waals surface area contributed by atoms with Crippen molar-refractivity contribution in [2.24, 2.45) is 5.73 Å². The maximum Gasteiger partial charge on any atom is 0.119 e. The van der Waals surface area contributed by atoms with Crippen molar-refractivity contribution >= 4 is 0 Å². The zero-order chi connectivity index (χ0) is 14.2. The Morgan fingerprint density at radius 1 is 0.950 bits per heavy atom. The van der Waals surface area contributed by atoms with Crippen LogP contribution in [0.5, 0.6) is 5.75 Å². The van der Waals surface area contributed by atoms with Crippen molar-refractivity contribution in [3.05, 3.63) is 54.6 Å². The Hall–Kier alpha value is -1.84. The molecule has 0 radical (unpaired) electrons. The molecule has 0 bridgehead atoms. The number of benzene rings is 2. The van der Waals surface area contributed by atoms with Gasteiger partial charge in [0.15, 0.2) is 0 Å². The summed E-state index contributed by atoms with van der Waals surface area (Å²) in [5, 5.41) is 0. The van der Waals surface area contributed by atoms with Crippen LogP contribution in [0.15, 0.2) is 54.6 Å². The largest absolute Gasteiger partial charge is 0.491 e. The van der Waals surface area contributed by atoms with Crippen LogP contribution in [0.2, 0.25) is 0 Å². The Morgan fingerprint density at radius 3 is 2.20 bits per heavy atom. The Labute approximate surface area is 120 Å². The zero-order valence-electron chi connectivity index (χ0n) is 11.8. The first-order chi connectivity index (χ1) is 9.83. The topological polar surface area (TPSA) is 44.5 Å². The van der Waals surface area contributed by atoms with Gasteiger partial charge in [-0.1, -0.05) is 42.5 Å². The second kappa shape index (κ2) is 7.68. The van der Waals surface area contributed by atoms with Gasteiger partial charge in [0.2, 0.25) is 0 Å². The molecule has 0 aliphatic heterocycles. The number of hydrogen-bond acceptors (Lipinski definition) is 3. The van der Waals surface area contributed by atoms with Crippen molar-refractivity contribution in [1.29, 1.82) is 0 Å². The number of rotatable bonds is 7. The second-order valence-electron chi connectivity index (χ2n) is 4.51. The van der Waals surface area contributed by atoms with Crippen LogP contribution in [-0.4, -0.2) is 25.9 Å². The quantitative estimate of drug-likeness (QED) is 0.841.